The second kappa shape index (κ2) is 5.12. The van der Waals surface area contributed by atoms with Crippen LogP contribution in [0.25, 0.3) is 0 Å². The normalized spacial score (nSPS) is 10.2. The Labute approximate surface area is 114 Å². The first-order valence-electron chi connectivity index (χ1n) is 5.53. The van der Waals surface area contributed by atoms with Gasteiger partial charge >= 0.3 is 5.69 Å². The molecule has 2 aromatic rings. The Balaban J connectivity index is 2.57. The average molecular weight is 275 g/mol. The molecule has 0 radical (unpaired) electrons. The number of halogens is 1. The summed E-state index contributed by atoms with van der Waals surface area (Å²) in [5.41, 5.74) is 0.875. The lowest BCUT2D eigenvalue weighted by Crippen LogP contribution is -2.38. The van der Waals surface area contributed by atoms with Crippen LogP contribution in [-0.4, -0.2) is 9.13 Å². The van der Waals surface area contributed by atoms with Crippen molar-refractivity contribution in [1.82, 2.24) is 9.13 Å². The van der Waals surface area contributed by atoms with Crippen molar-refractivity contribution < 1.29 is 0 Å². The third-order valence-electron chi connectivity index (χ3n) is 2.86. The summed E-state index contributed by atoms with van der Waals surface area (Å²) < 4.78 is 2.52. The summed E-state index contributed by atoms with van der Waals surface area (Å²) >= 11 is 6.00. The average Bonchev–Trinajstić information content (AvgIpc) is 2.41. The molecule has 1 heterocycles. The van der Waals surface area contributed by atoms with Gasteiger partial charge in [0.25, 0.3) is 0 Å². The first-order valence-corrected chi connectivity index (χ1v) is 5.91. The number of hydrogen-bond acceptors (Lipinski definition) is 3. The van der Waals surface area contributed by atoms with Gasteiger partial charge in [0.15, 0.2) is 0 Å². The van der Waals surface area contributed by atoms with Gasteiger partial charge in [-0.2, -0.15) is 5.26 Å². The Morgan fingerprint density at radius 3 is 2.79 bits per heavy atom. The van der Waals surface area contributed by atoms with Crippen LogP contribution < -0.4 is 11.2 Å². The molecular weight excluding hydrogens is 264 g/mol. The first-order chi connectivity index (χ1) is 9.04. The highest BCUT2D eigenvalue weighted by Gasteiger charge is 2.08. The molecule has 0 spiro atoms. The van der Waals surface area contributed by atoms with Gasteiger partial charge in [-0.15, -0.1) is 0 Å². The van der Waals surface area contributed by atoms with Gasteiger partial charge in [-0.05, 0) is 11.6 Å². The molecule has 1 N–H and O–H groups in total. The molecule has 0 amide bonds. The molecule has 0 fully saturated rings. The summed E-state index contributed by atoms with van der Waals surface area (Å²) in [4.78, 5) is 12.1. The molecular formula is C13H11ClN4O. The van der Waals surface area contributed by atoms with Crippen LogP contribution in [0.15, 0.2) is 35.1 Å². The van der Waals surface area contributed by atoms with E-state index in [9.17, 15) is 4.79 Å². The molecule has 0 saturated heterocycles. The van der Waals surface area contributed by atoms with E-state index in [-0.39, 0.29) is 22.9 Å². The molecule has 0 aliphatic carbocycles. The molecule has 0 bridgehead atoms. The summed E-state index contributed by atoms with van der Waals surface area (Å²) in [6, 6.07) is 10.5. The van der Waals surface area contributed by atoms with Crippen molar-refractivity contribution in [2.24, 2.45) is 7.05 Å². The van der Waals surface area contributed by atoms with E-state index in [4.69, 9.17) is 22.3 Å². The van der Waals surface area contributed by atoms with Crippen LogP contribution in [-0.2, 0) is 13.6 Å². The molecule has 2 rings (SSSR count). The van der Waals surface area contributed by atoms with Crippen LogP contribution in [0.5, 0.6) is 0 Å². The zero-order valence-electron chi connectivity index (χ0n) is 10.2. The highest BCUT2D eigenvalue weighted by Crippen LogP contribution is 2.11. The predicted molar refractivity (Wildman–Crippen MR) is 70.8 cm³/mol. The Hall–Kier alpha value is -2.32. The minimum atomic E-state index is -0.384. The molecule has 19 heavy (non-hydrogen) atoms. The number of nitriles is 1. The second-order valence-corrected chi connectivity index (χ2v) is 4.44. The molecule has 0 atom stereocenters. The lowest BCUT2D eigenvalue weighted by Gasteiger charge is -2.11. The Morgan fingerprint density at radius 2 is 2.11 bits per heavy atom. The van der Waals surface area contributed by atoms with Crippen LogP contribution in [0.3, 0.4) is 0 Å². The van der Waals surface area contributed by atoms with E-state index in [1.54, 1.807) is 24.3 Å². The van der Waals surface area contributed by atoms with E-state index in [1.165, 1.54) is 22.2 Å². The van der Waals surface area contributed by atoms with Crippen molar-refractivity contribution in [3.8, 4) is 6.07 Å². The SMILES string of the molecule is Cn1c(=N)cc(Cl)n(Cc2ccccc2C#N)c1=O. The third kappa shape index (κ3) is 2.44. The first kappa shape index (κ1) is 13.1. The zero-order valence-corrected chi connectivity index (χ0v) is 11.0. The summed E-state index contributed by atoms with van der Waals surface area (Å²) in [5, 5.41) is 16.8. The molecule has 6 heteroatoms. The fourth-order valence-corrected chi connectivity index (χ4v) is 1.98. The minimum absolute atomic E-state index is 0.0415. The number of nitrogens with one attached hydrogen (secondary N) is 1. The largest absolute Gasteiger partial charge is 0.330 e. The quantitative estimate of drug-likeness (QED) is 0.837. The van der Waals surface area contributed by atoms with Gasteiger partial charge in [-0.3, -0.25) is 14.5 Å². The predicted octanol–water partition coefficient (Wildman–Crippen LogP) is 1.24. The lowest BCUT2D eigenvalue weighted by molar-refractivity contribution is 0.633. The van der Waals surface area contributed by atoms with E-state index in [0.29, 0.717) is 11.1 Å². The van der Waals surface area contributed by atoms with Gasteiger partial charge in [0.1, 0.15) is 10.6 Å². The van der Waals surface area contributed by atoms with Crippen LogP contribution in [0, 0.1) is 16.7 Å². The van der Waals surface area contributed by atoms with Crippen LogP contribution in [0.4, 0.5) is 0 Å². The zero-order chi connectivity index (χ0) is 14.0. The summed E-state index contributed by atoms with van der Waals surface area (Å²) in [6.07, 6.45) is 0. The van der Waals surface area contributed by atoms with Gasteiger partial charge in [0, 0.05) is 13.1 Å². The molecule has 5 nitrogen and oxygen atoms in total. The Morgan fingerprint density at radius 1 is 1.42 bits per heavy atom. The van der Waals surface area contributed by atoms with Gasteiger partial charge in [0.05, 0.1) is 18.2 Å². The van der Waals surface area contributed by atoms with Crippen molar-refractivity contribution >= 4 is 11.6 Å². The molecule has 0 aliphatic heterocycles. The summed E-state index contributed by atoms with van der Waals surface area (Å²) in [5.74, 6) is 0. The van der Waals surface area contributed by atoms with Crippen LogP contribution >= 0.6 is 11.6 Å². The fraction of sp³-hybridized carbons (Fsp3) is 0.154. The van der Waals surface area contributed by atoms with Crippen molar-refractivity contribution in [3.05, 3.63) is 62.6 Å². The molecule has 0 aliphatic rings. The van der Waals surface area contributed by atoms with Crippen molar-refractivity contribution in [3.63, 3.8) is 0 Å². The Bertz CT molecular complexity index is 782. The second-order valence-electron chi connectivity index (χ2n) is 4.05. The topological polar surface area (TPSA) is 74.6 Å². The Kier molecular flexibility index (Phi) is 3.54. The molecule has 0 saturated carbocycles. The fourth-order valence-electron chi connectivity index (χ4n) is 1.74. The van der Waals surface area contributed by atoms with Crippen molar-refractivity contribution in [1.29, 1.82) is 10.7 Å². The molecule has 0 unspecified atom stereocenters. The van der Waals surface area contributed by atoms with Crippen molar-refractivity contribution in [2.45, 2.75) is 6.54 Å². The van der Waals surface area contributed by atoms with Crippen molar-refractivity contribution in [2.75, 3.05) is 0 Å². The van der Waals surface area contributed by atoms with E-state index in [2.05, 4.69) is 6.07 Å². The maximum absolute atomic E-state index is 12.1. The highest BCUT2D eigenvalue weighted by molar-refractivity contribution is 6.29. The van der Waals surface area contributed by atoms with Crippen LogP contribution in [0.1, 0.15) is 11.1 Å². The summed E-state index contributed by atoms with van der Waals surface area (Å²) in [6.45, 7) is 0.204. The van der Waals surface area contributed by atoms with Gasteiger partial charge in [0.2, 0.25) is 0 Å². The smallest absolute Gasteiger partial charge is 0.284 e. The maximum Gasteiger partial charge on any atom is 0.330 e. The maximum atomic E-state index is 12.1. The van der Waals surface area contributed by atoms with E-state index < -0.39 is 0 Å². The third-order valence-corrected chi connectivity index (χ3v) is 3.17. The number of rotatable bonds is 2. The summed E-state index contributed by atoms with van der Waals surface area (Å²) in [7, 11) is 1.51. The van der Waals surface area contributed by atoms with Gasteiger partial charge in [-0.1, -0.05) is 29.8 Å². The van der Waals surface area contributed by atoms with Gasteiger partial charge in [-0.25, -0.2) is 4.79 Å². The highest BCUT2D eigenvalue weighted by atomic mass is 35.5. The number of benzene rings is 1. The number of hydrogen-bond donors (Lipinski definition) is 1. The van der Waals surface area contributed by atoms with Crippen LogP contribution in [0.2, 0.25) is 5.15 Å². The van der Waals surface area contributed by atoms with E-state index in [1.807, 2.05) is 0 Å². The molecule has 1 aromatic heterocycles. The monoisotopic (exact) mass is 274 g/mol. The van der Waals surface area contributed by atoms with Gasteiger partial charge < -0.3 is 0 Å². The van der Waals surface area contributed by atoms with E-state index >= 15 is 0 Å². The standard InChI is InChI=1S/C13H11ClN4O/c1-17-12(16)6-11(14)18(13(17)19)8-10-5-3-2-4-9(10)7-15/h2-6,16H,8H2,1H3. The molecule has 1 aromatic carbocycles. The number of nitrogens with zero attached hydrogens (tertiary/aromatic N) is 3. The minimum Gasteiger partial charge on any atom is -0.284 e. The number of aromatic nitrogens is 2. The lowest BCUT2D eigenvalue weighted by atomic mass is 10.1. The molecule has 96 valence electrons. The van der Waals surface area contributed by atoms with E-state index in [0.717, 1.165) is 0 Å².